The fourth-order valence-electron chi connectivity index (χ4n) is 1.49. The second-order valence-electron chi connectivity index (χ2n) is 3.66. The van der Waals surface area contributed by atoms with E-state index in [9.17, 15) is 4.79 Å². The van der Waals surface area contributed by atoms with Crippen molar-refractivity contribution in [2.45, 2.75) is 6.61 Å². The number of carbonyl (C=O) groups is 1. The third-order valence-corrected chi connectivity index (χ3v) is 3.36. The van der Waals surface area contributed by atoms with E-state index in [-0.39, 0.29) is 6.61 Å². The van der Waals surface area contributed by atoms with E-state index in [1.807, 2.05) is 30.3 Å². The summed E-state index contributed by atoms with van der Waals surface area (Å²) in [6.45, 7) is 0.233. The van der Waals surface area contributed by atoms with Gasteiger partial charge in [-0.05, 0) is 33.6 Å². The molecule has 2 rings (SSSR count). The van der Waals surface area contributed by atoms with Crippen LogP contribution in [-0.4, -0.2) is 5.97 Å². The van der Waals surface area contributed by atoms with Crippen LogP contribution in [0, 0.1) is 0 Å². The molecule has 0 aliphatic rings. The molecule has 0 heterocycles. The van der Waals surface area contributed by atoms with Crippen LogP contribution in [0.2, 0.25) is 5.02 Å². The average molecular weight is 326 g/mol. The molecule has 0 unspecified atom stereocenters. The number of carbonyl (C=O) groups excluding carboxylic acids is 1. The quantitative estimate of drug-likeness (QED) is 0.779. The van der Waals surface area contributed by atoms with Gasteiger partial charge in [0.15, 0.2) is 0 Å². The van der Waals surface area contributed by atoms with E-state index in [0.29, 0.717) is 15.1 Å². The Balaban J connectivity index is 2.09. The van der Waals surface area contributed by atoms with E-state index in [0.717, 1.165) is 5.56 Å². The minimum Gasteiger partial charge on any atom is -0.457 e. The van der Waals surface area contributed by atoms with Crippen molar-refractivity contribution in [1.29, 1.82) is 0 Å². The molecule has 0 aliphatic carbocycles. The molecule has 2 aromatic rings. The second kappa shape index (κ2) is 6.03. The molecule has 0 fully saturated rings. The van der Waals surface area contributed by atoms with Crippen LogP contribution in [0.5, 0.6) is 0 Å². The fourth-order valence-corrected chi connectivity index (χ4v) is 2.38. The number of hydrogen-bond donors (Lipinski definition) is 0. The van der Waals surface area contributed by atoms with Crippen molar-refractivity contribution in [2.75, 3.05) is 0 Å². The summed E-state index contributed by atoms with van der Waals surface area (Å²) in [4.78, 5) is 11.9. The molecule has 0 aliphatic heterocycles. The lowest BCUT2D eigenvalue weighted by molar-refractivity contribution is 0.0472. The first-order chi connectivity index (χ1) is 8.68. The minimum absolute atomic E-state index is 0.233. The lowest BCUT2D eigenvalue weighted by Crippen LogP contribution is -2.06. The van der Waals surface area contributed by atoms with Crippen molar-refractivity contribution < 1.29 is 9.53 Å². The monoisotopic (exact) mass is 324 g/mol. The Bertz CT molecular complexity index is 535. The van der Waals surface area contributed by atoms with Gasteiger partial charge < -0.3 is 4.74 Å². The number of rotatable bonds is 3. The Hall–Kier alpha value is -1.32. The molecule has 0 spiro atoms. The van der Waals surface area contributed by atoms with Gasteiger partial charge in [0.1, 0.15) is 6.61 Å². The molecule has 0 saturated carbocycles. The van der Waals surface area contributed by atoms with Crippen LogP contribution in [0.15, 0.2) is 53.0 Å². The maximum absolute atomic E-state index is 11.9. The first kappa shape index (κ1) is 13.1. The van der Waals surface area contributed by atoms with E-state index >= 15 is 0 Å². The van der Waals surface area contributed by atoms with Gasteiger partial charge in [-0.15, -0.1) is 0 Å². The summed E-state index contributed by atoms with van der Waals surface area (Å²) in [7, 11) is 0. The van der Waals surface area contributed by atoms with Crippen LogP contribution in [0.25, 0.3) is 0 Å². The number of benzene rings is 2. The van der Waals surface area contributed by atoms with Gasteiger partial charge in [0, 0.05) is 4.47 Å². The van der Waals surface area contributed by atoms with Crippen LogP contribution in [0.4, 0.5) is 0 Å². The van der Waals surface area contributed by atoms with Crippen molar-refractivity contribution in [3.05, 3.63) is 69.2 Å². The van der Waals surface area contributed by atoms with Gasteiger partial charge in [-0.1, -0.05) is 48.0 Å². The van der Waals surface area contributed by atoms with Crippen LogP contribution in [0.3, 0.4) is 0 Å². The summed E-state index contributed by atoms with van der Waals surface area (Å²) >= 11 is 9.26. The molecule has 0 aromatic heterocycles. The molecular weight excluding hydrogens is 316 g/mol. The molecule has 2 nitrogen and oxygen atoms in total. The van der Waals surface area contributed by atoms with Crippen molar-refractivity contribution in [2.24, 2.45) is 0 Å². The lowest BCUT2D eigenvalue weighted by atomic mass is 10.2. The Kier molecular flexibility index (Phi) is 4.39. The standard InChI is InChI=1S/C14H10BrClO2/c15-11-7-4-8-12(16)13(11)14(17)18-9-10-5-2-1-3-6-10/h1-8H,9H2. The molecule has 0 amide bonds. The van der Waals surface area contributed by atoms with Gasteiger partial charge in [0.2, 0.25) is 0 Å². The molecule has 0 radical (unpaired) electrons. The number of halogens is 2. The van der Waals surface area contributed by atoms with Crippen molar-refractivity contribution >= 4 is 33.5 Å². The van der Waals surface area contributed by atoms with Gasteiger partial charge in [0.05, 0.1) is 10.6 Å². The molecule has 0 atom stereocenters. The van der Waals surface area contributed by atoms with Gasteiger partial charge in [-0.2, -0.15) is 0 Å². The van der Waals surface area contributed by atoms with E-state index in [1.54, 1.807) is 18.2 Å². The topological polar surface area (TPSA) is 26.3 Å². The van der Waals surface area contributed by atoms with Crippen LogP contribution >= 0.6 is 27.5 Å². The van der Waals surface area contributed by atoms with Gasteiger partial charge in [-0.3, -0.25) is 0 Å². The summed E-state index contributed by atoms with van der Waals surface area (Å²) in [5.41, 5.74) is 1.30. The Morgan fingerprint density at radius 3 is 2.50 bits per heavy atom. The molecule has 2 aromatic carbocycles. The first-order valence-corrected chi connectivity index (χ1v) is 6.50. The van der Waals surface area contributed by atoms with Gasteiger partial charge in [0.25, 0.3) is 0 Å². The van der Waals surface area contributed by atoms with E-state index in [2.05, 4.69) is 15.9 Å². The average Bonchev–Trinajstić information content (AvgIpc) is 2.37. The SMILES string of the molecule is O=C(OCc1ccccc1)c1c(Cl)cccc1Br. The Labute approximate surface area is 119 Å². The second-order valence-corrected chi connectivity index (χ2v) is 4.92. The van der Waals surface area contributed by atoms with Gasteiger partial charge in [-0.25, -0.2) is 4.79 Å². The third-order valence-electron chi connectivity index (χ3n) is 2.38. The first-order valence-electron chi connectivity index (χ1n) is 5.33. The summed E-state index contributed by atoms with van der Waals surface area (Å²) < 4.78 is 5.85. The predicted molar refractivity (Wildman–Crippen MR) is 74.7 cm³/mol. The number of hydrogen-bond acceptors (Lipinski definition) is 2. The zero-order chi connectivity index (χ0) is 13.0. The molecule has 0 saturated heterocycles. The van der Waals surface area contributed by atoms with Crippen molar-refractivity contribution in [1.82, 2.24) is 0 Å². The highest BCUT2D eigenvalue weighted by molar-refractivity contribution is 9.10. The van der Waals surface area contributed by atoms with Crippen LogP contribution in [0.1, 0.15) is 15.9 Å². The molecular formula is C14H10BrClO2. The zero-order valence-corrected chi connectivity index (χ0v) is 11.7. The van der Waals surface area contributed by atoms with Crippen LogP contribution in [-0.2, 0) is 11.3 Å². The van der Waals surface area contributed by atoms with Crippen molar-refractivity contribution in [3.63, 3.8) is 0 Å². The summed E-state index contributed by atoms with van der Waals surface area (Å²) in [6, 6.07) is 14.7. The normalized spacial score (nSPS) is 10.1. The Morgan fingerprint density at radius 2 is 1.83 bits per heavy atom. The largest absolute Gasteiger partial charge is 0.457 e. The van der Waals surface area contributed by atoms with Crippen molar-refractivity contribution in [3.8, 4) is 0 Å². The maximum Gasteiger partial charge on any atom is 0.341 e. The Morgan fingerprint density at radius 1 is 1.11 bits per heavy atom. The zero-order valence-electron chi connectivity index (χ0n) is 9.40. The predicted octanol–water partition coefficient (Wildman–Crippen LogP) is 4.46. The third kappa shape index (κ3) is 3.12. The summed E-state index contributed by atoms with van der Waals surface area (Å²) in [5.74, 6) is -0.434. The number of esters is 1. The molecule has 4 heteroatoms. The molecule has 0 bridgehead atoms. The van der Waals surface area contributed by atoms with E-state index in [4.69, 9.17) is 16.3 Å². The molecule has 92 valence electrons. The van der Waals surface area contributed by atoms with E-state index < -0.39 is 5.97 Å². The summed E-state index contributed by atoms with van der Waals surface area (Å²) in [6.07, 6.45) is 0. The van der Waals surface area contributed by atoms with Gasteiger partial charge >= 0.3 is 5.97 Å². The highest BCUT2D eigenvalue weighted by atomic mass is 79.9. The number of ether oxygens (including phenoxy) is 1. The maximum atomic E-state index is 11.9. The highest BCUT2D eigenvalue weighted by Gasteiger charge is 2.15. The smallest absolute Gasteiger partial charge is 0.341 e. The molecule has 0 N–H and O–H groups in total. The highest BCUT2D eigenvalue weighted by Crippen LogP contribution is 2.25. The fraction of sp³-hybridized carbons (Fsp3) is 0.0714. The lowest BCUT2D eigenvalue weighted by Gasteiger charge is -2.07. The molecule has 18 heavy (non-hydrogen) atoms. The summed E-state index contributed by atoms with van der Waals surface area (Å²) in [5, 5.41) is 0.377. The minimum atomic E-state index is -0.434. The van der Waals surface area contributed by atoms with Crippen LogP contribution < -0.4 is 0 Å². The van der Waals surface area contributed by atoms with E-state index in [1.165, 1.54) is 0 Å².